The fraction of sp³-hybridized carbons (Fsp3) is 0. The first-order chi connectivity index (χ1) is 32.7. The Kier molecular flexibility index (Phi) is 8.78. The van der Waals surface area contributed by atoms with Crippen LogP contribution in [-0.4, -0.2) is 19.5 Å². The smallest absolute Gasteiger partial charge is 0.164 e. The fourth-order valence-electron chi connectivity index (χ4n) is 9.68. The summed E-state index contributed by atoms with van der Waals surface area (Å²) in [5.74, 6) is 1.84. The number of hydrogen-bond acceptors (Lipinski definition) is 4. The van der Waals surface area contributed by atoms with E-state index in [0.717, 1.165) is 88.5 Å². The molecule has 5 nitrogen and oxygen atoms in total. The molecule has 13 aromatic rings. The molecule has 3 heterocycles. The molecular formula is C61H38N4O. The van der Waals surface area contributed by atoms with E-state index < -0.39 is 0 Å². The predicted molar refractivity (Wildman–Crippen MR) is 272 cm³/mol. The van der Waals surface area contributed by atoms with Crippen molar-refractivity contribution in [1.29, 1.82) is 0 Å². The van der Waals surface area contributed by atoms with E-state index in [9.17, 15) is 0 Å². The lowest BCUT2D eigenvalue weighted by molar-refractivity contribution is 0.672. The van der Waals surface area contributed by atoms with E-state index >= 15 is 0 Å². The molecule has 0 spiro atoms. The summed E-state index contributed by atoms with van der Waals surface area (Å²) in [7, 11) is 0. The molecule has 66 heavy (non-hydrogen) atoms. The van der Waals surface area contributed by atoms with Crippen LogP contribution in [-0.2, 0) is 0 Å². The van der Waals surface area contributed by atoms with E-state index in [2.05, 4.69) is 223 Å². The maximum absolute atomic E-state index is 6.81. The van der Waals surface area contributed by atoms with Crippen molar-refractivity contribution in [1.82, 2.24) is 19.5 Å². The van der Waals surface area contributed by atoms with Crippen molar-refractivity contribution in [2.24, 2.45) is 0 Å². The second kappa shape index (κ2) is 15.4. The zero-order chi connectivity index (χ0) is 43.6. The van der Waals surface area contributed by atoms with E-state index in [4.69, 9.17) is 19.4 Å². The summed E-state index contributed by atoms with van der Waals surface area (Å²) in [6, 6.07) is 80.9. The minimum absolute atomic E-state index is 0.607. The van der Waals surface area contributed by atoms with E-state index in [1.807, 2.05) is 12.1 Å². The van der Waals surface area contributed by atoms with E-state index in [-0.39, 0.29) is 0 Å². The maximum atomic E-state index is 6.81. The molecule has 0 saturated carbocycles. The molecule has 0 unspecified atom stereocenters. The molecule has 0 radical (unpaired) electrons. The van der Waals surface area contributed by atoms with Gasteiger partial charge in [0.2, 0.25) is 0 Å². The maximum Gasteiger partial charge on any atom is 0.164 e. The molecule has 0 aliphatic rings. The van der Waals surface area contributed by atoms with Gasteiger partial charge >= 0.3 is 0 Å². The summed E-state index contributed by atoms with van der Waals surface area (Å²) in [5.41, 5.74) is 14.7. The van der Waals surface area contributed by atoms with Crippen LogP contribution in [0.5, 0.6) is 0 Å². The van der Waals surface area contributed by atoms with Crippen LogP contribution < -0.4 is 0 Å². The lowest BCUT2D eigenvalue weighted by Gasteiger charge is -2.13. The third-order valence-corrected chi connectivity index (χ3v) is 12.9. The van der Waals surface area contributed by atoms with Crippen molar-refractivity contribution in [2.45, 2.75) is 0 Å². The van der Waals surface area contributed by atoms with Crippen LogP contribution in [0.3, 0.4) is 0 Å². The minimum Gasteiger partial charge on any atom is -0.455 e. The number of hydrogen-bond donors (Lipinski definition) is 0. The second-order valence-corrected chi connectivity index (χ2v) is 16.7. The van der Waals surface area contributed by atoms with Crippen LogP contribution >= 0.6 is 0 Å². The van der Waals surface area contributed by atoms with Crippen LogP contribution in [0, 0.1) is 0 Å². The SMILES string of the molecule is c1ccc(-c2ccc(-c3nc(-c4ccc(-c5ccccc5)cc4)nc(-c4ccc(-c5cccc6oc7c8ccccc8c(-n8c9ccccc9c9ccccc98)cc7c56)cc4)n3)cc2)cc1. The standard InChI is InChI=1S/C61H38N4O/c1-3-14-39(15-4-1)41-26-32-44(33-27-41)59-62-60(45-34-28-42(29-35-45)40-16-5-2-6-17-40)64-61(63-59)46-36-30-43(31-37-46)47-22-13-25-56-57(47)52-38-55(50-20-7-8-21-51(50)58(52)66-56)65-53-23-11-9-18-48(53)49-19-10-12-24-54(49)65/h1-38H. The van der Waals surface area contributed by atoms with Crippen molar-refractivity contribution in [3.8, 4) is 73.2 Å². The van der Waals surface area contributed by atoms with Crippen LogP contribution in [0.1, 0.15) is 0 Å². The summed E-state index contributed by atoms with van der Waals surface area (Å²) >= 11 is 0. The van der Waals surface area contributed by atoms with E-state index in [0.29, 0.717) is 17.5 Å². The van der Waals surface area contributed by atoms with Crippen LogP contribution in [0.4, 0.5) is 0 Å². The molecule has 0 fully saturated rings. The Balaban J connectivity index is 0.936. The lowest BCUT2D eigenvalue weighted by Crippen LogP contribution is -2.00. The normalized spacial score (nSPS) is 11.6. The molecule has 10 aromatic carbocycles. The number of benzene rings is 10. The molecule has 308 valence electrons. The molecule has 0 atom stereocenters. The largest absolute Gasteiger partial charge is 0.455 e. The number of aromatic nitrogens is 4. The number of furan rings is 1. The third-order valence-electron chi connectivity index (χ3n) is 12.9. The molecule has 0 bridgehead atoms. The van der Waals surface area contributed by atoms with Gasteiger partial charge in [0.25, 0.3) is 0 Å². The summed E-state index contributed by atoms with van der Waals surface area (Å²) < 4.78 is 9.22. The van der Waals surface area contributed by atoms with Gasteiger partial charge in [-0.3, -0.25) is 0 Å². The van der Waals surface area contributed by atoms with Gasteiger partial charge in [0, 0.05) is 49.0 Å². The molecule has 0 saturated heterocycles. The zero-order valence-corrected chi connectivity index (χ0v) is 35.6. The number of nitrogens with zero attached hydrogens (tertiary/aromatic N) is 4. The summed E-state index contributed by atoms with van der Waals surface area (Å²) in [6.45, 7) is 0. The van der Waals surface area contributed by atoms with E-state index in [1.54, 1.807) is 0 Å². The molecule has 3 aromatic heterocycles. The lowest BCUT2D eigenvalue weighted by atomic mass is 9.96. The highest BCUT2D eigenvalue weighted by Crippen LogP contribution is 2.44. The van der Waals surface area contributed by atoms with Gasteiger partial charge in [-0.1, -0.05) is 206 Å². The third kappa shape index (κ3) is 6.28. The Morgan fingerprint density at radius 2 is 0.712 bits per heavy atom. The fourth-order valence-corrected chi connectivity index (χ4v) is 9.68. The van der Waals surface area contributed by atoms with Gasteiger partial charge < -0.3 is 8.98 Å². The van der Waals surface area contributed by atoms with Crippen molar-refractivity contribution in [2.75, 3.05) is 0 Å². The first-order valence-electron chi connectivity index (χ1n) is 22.3. The van der Waals surface area contributed by atoms with Gasteiger partial charge in [0.05, 0.1) is 16.7 Å². The molecule has 13 rings (SSSR count). The topological polar surface area (TPSA) is 56.7 Å². The second-order valence-electron chi connectivity index (χ2n) is 16.7. The van der Waals surface area contributed by atoms with Gasteiger partial charge in [-0.05, 0) is 57.6 Å². The van der Waals surface area contributed by atoms with Gasteiger partial charge in [0.15, 0.2) is 17.5 Å². The molecule has 0 aliphatic carbocycles. The number of para-hydroxylation sites is 2. The summed E-state index contributed by atoms with van der Waals surface area (Å²) in [6.07, 6.45) is 0. The van der Waals surface area contributed by atoms with Crippen molar-refractivity contribution < 1.29 is 4.42 Å². The minimum atomic E-state index is 0.607. The molecule has 0 aliphatic heterocycles. The van der Waals surface area contributed by atoms with Crippen molar-refractivity contribution >= 4 is 54.5 Å². The molecule has 0 N–H and O–H groups in total. The first-order valence-corrected chi connectivity index (χ1v) is 22.3. The van der Waals surface area contributed by atoms with Gasteiger partial charge in [-0.15, -0.1) is 0 Å². The van der Waals surface area contributed by atoms with Gasteiger partial charge in [-0.25, -0.2) is 15.0 Å². The average Bonchev–Trinajstić information content (AvgIpc) is 3.95. The Labute approximate surface area is 380 Å². The van der Waals surface area contributed by atoms with Crippen molar-refractivity contribution in [3.63, 3.8) is 0 Å². The zero-order valence-electron chi connectivity index (χ0n) is 35.6. The Bertz CT molecular complexity index is 3790. The summed E-state index contributed by atoms with van der Waals surface area (Å²) in [4.78, 5) is 15.3. The number of fused-ring (bicyclic) bond motifs is 8. The highest BCUT2D eigenvalue weighted by atomic mass is 16.3. The average molecular weight is 843 g/mol. The Morgan fingerprint density at radius 3 is 1.23 bits per heavy atom. The monoisotopic (exact) mass is 842 g/mol. The summed E-state index contributed by atoms with van der Waals surface area (Å²) in [5, 5.41) is 6.83. The van der Waals surface area contributed by atoms with Crippen LogP contribution in [0.25, 0.3) is 128 Å². The van der Waals surface area contributed by atoms with Crippen molar-refractivity contribution in [3.05, 3.63) is 231 Å². The predicted octanol–water partition coefficient (Wildman–Crippen LogP) is 16.0. The van der Waals surface area contributed by atoms with Gasteiger partial charge in [0.1, 0.15) is 11.2 Å². The Morgan fingerprint density at radius 1 is 0.303 bits per heavy atom. The highest BCUT2D eigenvalue weighted by molar-refractivity contribution is 6.22. The van der Waals surface area contributed by atoms with Gasteiger partial charge in [-0.2, -0.15) is 0 Å². The highest BCUT2D eigenvalue weighted by Gasteiger charge is 2.21. The van der Waals surface area contributed by atoms with Crippen LogP contribution in [0.15, 0.2) is 235 Å². The first kappa shape index (κ1) is 37.6. The van der Waals surface area contributed by atoms with E-state index in [1.165, 1.54) is 21.8 Å². The quantitative estimate of drug-likeness (QED) is 0.160. The number of rotatable bonds is 7. The van der Waals surface area contributed by atoms with Crippen LogP contribution in [0.2, 0.25) is 0 Å². The Hall–Kier alpha value is -8.93. The molecular weight excluding hydrogens is 805 g/mol. The molecule has 5 heteroatoms. The molecule has 0 amide bonds.